The van der Waals surface area contributed by atoms with Gasteiger partial charge in [0.15, 0.2) is 0 Å². The molecule has 0 amide bonds. The van der Waals surface area contributed by atoms with Crippen molar-refractivity contribution in [3.63, 3.8) is 0 Å². The Bertz CT molecular complexity index is 229. The summed E-state index contributed by atoms with van der Waals surface area (Å²) in [6, 6.07) is 9.70. The van der Waals surface area contributed by atoms with E-state index in [4.69, 9.17) is 0 Å². The van der Waals surface area contributed by atoms with E-state index < -0.39 is 0 Å². The first kappa shape index (κ1) is 10.1. The van der Waals surface area contributed by atoms with E-state index in [1.165, 1.54) is 6.08 Å². The molecule has 1 nitrogen and oxygen atoms in total. The Morgan fingerprint density at radius 2 is 1.73 bits per heavy atom. The maximum Gasteiger partial charge on any atom is 0.142 e. The molecule has 0 aliphatic rings. The SMILES string of the molecule is O=CC=Cc1ccccc1.[Fe]. The summed E-state index contributed by atoms with van der Waals surface area (Å²) in [6.07, 6.45) is 4.02. The maximum absolute atomic E-state index is 9.89. The molecule has 0 spiro atoms. The summed E-state index contributed by atoms with van der Waals surface area (Å²) in [5.41, 5.74) is 1.05. The first-order valence-corrected chi connectivity index (χ1v) is 3.10. The van der Waals surface area contributed by atoms with Gasteiger partial charge in [0.1, 0.15) is 6.29 Å². The van der Waals surface area contributed by atoms with Crippen LogP contribution in [0.25, 0.3) is 6.08 Å². The van der Waals surface area contributed by atoms with Crippen molar-refractivity contribution in [1.82, 2.24) is 0 Å². The molecule has 0 saturated heterocycles. The molecule has 0 unspecified atom stereocenters. The molecule has 11 heavy (non-hydrogen) atoms. The van der Waals surface area contributed by atoms with Gasteiger partial charge in [0, 0.05) is 17.1 Å². The van der Waals surface area contributed by atoms with Crippen LogP contribution in [0.5, 0.6) is 0 Å². The van der Waals surface area contributed by atoms with E-state index in [1.807, 2.05) is 30.3 Å². The molecular weight excluding hydrogens is 180 g/mol. The van der Waals surface area contributed by atoms with Crippen molar-refractivity contribution in [2.24, 2.45) is 0 Å². The van der Waals surface area contributed by atoms with Gasteiger partial charge in [-0.1, -0.05) is 36.4 Å². The van der Waals surface area contributed by atoms with E-state index in [0.29, 0.717) is 0 Å². The van der Waals surface area contributed by atoms with Gasteiger partial charge >= 0.3 is 0 Å². The number of hydrogen-bond donors (Lipinski definition) is 0. The van der Waals surface area contributed by atoms with E-state index in [-0.39, 0.29) is 17.1 Å². The van der Waals surface area contributed by atoms with Crippen LogP contribution in [0.1, 0.15) is 5.56 Å². The number of carbonyl (C=O) groups is 1. The fourth-order valence-corrected chi connectivity index (χ4v) is 0.715. The molecule has 0 saturated carbocycles. The summed E-state index contributed by atoms with van der Waals surface area (Å²) < 4.78 is 0. The number of aldehydes is 1. The second-order valence-electron chi connectivity index (χ2n) is 1.91. The normalized spacial score (nSPS) is 9.09. The molecule has 0 bridgehead atoms. The fraction of sp³-hybridized carbons (Fsp3) is 0. The molecule has 1 aromatic carbocycles. The third kappa shape index (κ3) is 3.76. The predicted octanol–water partition coefficient (Wildman–Crippen LogP) is 1.90. The molecule has 0 aliphatic heterocycles. The van der Waals surface area contributed by atoms with Crippen LogP contribution in [-0.4, -0.2) is 6.29 Å². The molecule has 0 N–H and O–H groups in total. The minimum absolute atomic E-state index is 0. The van der Waals surface area contributed by atoms with Crippen LogP contribution in [0.3, 0.4) is 0 Å². The zero-order valence-electron chi connectivity index (χ0n) is 5.88. The first-order valence-electron chi connectivity index (χ1n) is 3.10. The number of allylic oxidation sites excluding steroid dienone is 1. The molecule has 0 aliphatic carbocycles. The summed E-state index contributed by atoms with van der Waals surface area (Å²) in [4.78, 5) is 9.89. The van der Waals surface area contributed by atoms with Gasteiger partial charge in [-0.2, -0.15) is 0 Å². The third-order valence-electron chi connectivity index (χ3n) is 1.17. The van der Waals surface area contributed by atoms with Crippen LogP contribution < -0.4 is 0 Å². The molecule has 0 fully saturated rings. The summed E-state index contributed by atoms with van der Waals surface area (Å²) in [5, 5.41) is 0. The van der Waals surface area contributed by atoms with E-state index in [9.17, 15) is 4.79 Å². The Hall–Kier alpha value is -0.851. The number of hydrogen-bond acceptors (Lipinski definition) is 1. The zero-order chi connectivity index (χ0) is 7.23. The Labute approximate surface area is 76.6 Å². The van der Waals surface area contributed by atoms with Gasteiger partial charge in [0.25, 0.3) is 0 Å². The molecule has 1 aromatic rings. The van der Waals surface area contributed by atoms with Crippen molar-refractivity contribution in [2.75, 3.05) is 0 Å². The monoisotopic (exact) mass is 188 g/mol. The third-order valence-corrected chi connectivity index (χ3v) is 1.17. The molecule has 58 valence electrons. The Kier molecular flexibility index (Phi) is 5.44. The van der Waals surface area contributed by atoms with Crippen LogP contribution >= 0.6 is 0 Å². The number of carbonyl (C=O) groups excluding carboxylic acids is 1. The van der Waals surface area contributed by atoms with Crippen LogP contribution in [-0.2, 0) is 21.9 Å². The number of rotatable bonds is 2. The van der Waals surface area contributed by atoms with E-state index >= 15 is 0 Å². The molecule has 0 heterocycles. The second kappa shape index (κ2) is 5.90. The average molecular weight is 188 g/mol. The molecule has 0 aromatic heterocycles. The molecular formula is C9H8FeO. The van der Waals surface area contributed by atoms with E-state index in [1.54, 1.807) is 6.08 Å². The number of benzene rings is 1. The minimum atomic E-state index is 0. The molecule has 2 heteroatoms. The summed E-state index contributed by atoms with van der Waals surface area (Å²) in [5.74, 6) is 0. The smallest absolute Gasteiger partial charge is 0.142 e. The van der Waals surface area contributed by atoms with Gasteiger partial charge < -0.3 is 0 Å². The van der Waals surface area contributed by atoms with E-state index in [0.717, 1.165) is 11.8 Å². The van der Waals surface area contributed by atoms with Crippen LogP contribution in [0.4, 0.5) is 0 Å². The summed E-state index contributed by atoms with van der Waals surface area (Å²) in [7, 11) is 0. The molecule has 1 rings (SSSR count). The maximum atomic E-state index is 9.89. The van der Waals surface area contributed by atoms with E-state index in [2.05, 4.69) is 0 Å². The Morgan fingerprint density at radius 3 is 2.27 bits per heavy atom. The van der Waals surface area contributed by atoms with Crippen LogP contribution in [0.2, 0.25) is 0 Å². The standard InChI is InChI=1S/C9H8O.Fe/c10-8-4-7-9-5-2-1-3-6-9;/h1-8H;. The fourth-order valence-electron chi connectivity index (χ4n) is 0.715. The minimum Gasteiger partial charge on any atom is -0.299 e. The molecule has 0 atom stereocenters. The zero-order valence-corrected chi connectivity index (χ0v) is 6.98. The summed E-state index contributed by atoms with van der Waals surface area (Å²) in [6.45, 7) is 0. The Morgan fingerprint density at radius 1 is 1.09 bits per heavy atom. The van der Waals surface area contributed by atoms with Gasteiger partial charge in [-0.3, -0.25) is 4.79 Å². The largest absolute Gasteiger partial charge is 0.299 e. The predicted molar refractivity (Wildman–Crippen MR) is 41.5 cm³/mol. The van der Waals surface area contributed by atoms with Crippen LogP contribution in [0.15, 0.2) is 36.4 Å². The van der Waals surface area contributed by atoms with Gasteiger partial charge in [-0.25, -0.2) is 0 Å². The average Bonchev–Trinajstić information content (AvgIpc) is 2.03. The second-order valence-corrected chi connectivity index (χ2v) is 1.91. The van der Waals surface area contributed by atoms with Gasteiger partial charge in [0.05, 0.1) is 0 Å². The first-order chi connectivity index (χ1) is 4.93. The van der Waals surface area contributed by atoms with Crippen molar-refractivity contribution in [3.8, 4) is 0 Å². The quantitative estimate of drug-likeness (QED) is 0.393. The molecule has 0 radical (unpaired) electrons. The van der Waals surface area contributed by atoms with Gasteiger partial charge in [-0.05, 0) is 11.6 Å². The van der Waals surface area contributed by atoms with Crippen molar-refractivity contribution >= 4 is 12.4 Å². The van der Waals surface area contributed by atoms with Crippen molar-refractivity contribution in [3.05, 3.63) is 42.0 Å². The van der Waals surface area contributed by atoms with Gasteiger partial charge in [0.2, 0.25) is 0 Å². The van der Waals surface area contributed by atoms with Gasteiger partial charge in [-0.15, -0.1) is 0 Å². The van der Waals surface area contributed by atoms with Crippen molar-refractivity contribution in [1.29, 1.82) is 0 Å². The van der Waals surface area contributed by atoms with Crippen molar-refractivity contribution < 1.29 is 21.9 Å². The summed E-state index contributed by atoms with van der Waals surface area (Å²) >= 11 is 0. The van der Waals surface area contributed by atoms with Crippen LogP contribution in [0, 0.1) is 0 Å². The Balaban J connectivity index is 0.000001000. The van der Waals surface area contributed by atoms with Crippen molar-refractivity contribution in [2.45, 2.75) is 0 Å². The topological polar surface area (TPSA) is 17.1 Å².